The molecule has 0 unspecified atom stereocenters. The molecule has 2 aromatic carbocycles. The van der Waals surface area contributed by atoms with Gasteiger partial charge >= 0.3 is 0 Å². The summed E-state index contributed by atoms with van der Waals surface area (Å²) in [6.07, 6.45) is 3.43. The monoisotopic (exact) mass is 372 g/mol. The number of aromatic nitrogens is 2. The van der Waals surface area contributed by atoms with Crippen LogP contribution >= 0.6 is 0 Å². The van der Waals surface area contributed by atoms with Gasteiger partial charge in [0.25, 0.3) is 5.91 Å². The van der Waals surface area contributed by atoms with Gasteiger partial charge in [0.2, 0.25) is 5.95 Å². The van der Waals surface area contributed by atoms with Crippen LogP contribution in [0.1, 0.15) is 39.7 Å². The predicted octanol–water partition coefficient (Wildman–Crippen LogP) is 4.29. The van der Waals surface area contributed by atoms with E-state index in [0.29, 0.717) is 24.7 Å². The van der Waals surface area contributed by atoms with Gasteiger partial charge in [0, 0.05) is 25.0 Å². The van der Waals surface area contributed by atoms with Crippen LogP contribution in [0.15, 0.2) is 54.7 Å². The molecule has 0 radical (unpaired) electrons. The second-order valence-corrected chi connectivity index (χ2v) is 7.10. The van der Waals surface area contributed by atoms with Crippen LogP contribution in [-0.2, 0) is 19.4 Å². The van der Waals surface area contributed by atoms with Gasteiger partial charge in [-0.1, -0.05) is 49.4 Å². The second kappa shape index (κ2) is 7.80. The first-order valence-corrected chi connectivity index (χ1v) is 9.70. The average molecular weight is 372 g/mol. The third-order valence-corrected chi connectivity index (χ3v) is 5.27. The number of rotatable bonds is 4. The zero-order valence-corrected chi connectivity index (χ0v) is 16.3. The van der Waals surface area contributed by atoms with E-state index in [0.717, 1.165) is 24.1 Å². The average Bonchev–Trinajstić information content (AvgIpc) is 2.74. The van der Waals surface area contributed by atoms with E-state index < -0.39 is 0 Å². The van der Waals surface area contributed by atoms with E-state index in [1.165, 1.54) is 16.7 Å². The summed E-state index contributed by atoms with van der Waals surface area (Å²) in [6.45, 7) is 5.51. The van der Waals surface area contributed by atoms with Gasteiger partial charge in [0.1, 0.15) is 5.69 Å². The second-order valence-electron chi connectivity index (χ2n) is 7.10. The molecule has 2 heterocycles. The van der Waals surface area contributed by atoms with Gasteiger partial charge in [0.15, 0.2) is 0 Å². The third-order valence-electron chi connectivity index (χ3n) is 5.27. The van der Waals surface area contributed by atoms with Gasteiger partial charge in [-0.15, -0.1) is 0 Å². The van der Waals surface area contributed by atoms with Gasteiger partial charge < -0.3 is 10.2 Å². The van der Waals surface area contributed by atoms with Gasteiger partial charge in [-0.05, 0) is 48.1 Å². The van der Waals surface area contributed by atoms with E-state index in [1.54, 1.807) is 12.3 Å². The Hall–Kier alpha value is -3.21. The molecule has 4 rings (SSSR count). The number of para-hydroxylation sites is 1. The van der Waals surface area contributed by atoms with Crippen molar-refractivity contribution in [2.75, 3.05) is 11.9 Å². The highest BCUT2D eigenvalue weighted by molar-refractivity contribution is 5.92. The maximum Gasteiger partial charge on any atom is 0.272 e. The lowest BCUT2D eigenvalue weighted by molar-refractivity contribution is 0.0728. The molecule has 5 nitrogen and oxygen atoms in total. The molecule has 3 aromatic rings. The predicted molar refractivity (Wildman–Crippen MR) is 111 cm³/mol. The molecule has 1 aliphatic heterocycles. The molecule has 142 valence electrons. The summed E-state index contributed by atoms with van der Waals surface area (Å²) < 4.78 is 0. The van der Waals surface area contributed by atoms with Crippen LogP contribution in [0.25, 0.3) is 0 Å². The largest absolute Gasteiger partial charge is 0.333 e. The highest BCUT2D eigenvalue weighted by Crippen LogP contribution is 2.24. The Morgan fingerprint density at radius 3 is 2.75 bits per heavy atom. The first-order chi connectivity index (χ1) is 13.7. The smallest absolute Gasteiger partial charge is 0.272 e. The molecule has 0 saturated heterocycles. The van der Waals surface area contributed by atoms with E-state index >= 15 is 0 Å². The topological polar surface area (TPSA) is 58.1 Å². The quantitative estimate of drug-likeness (QED) is 0.742. The van der Waals surface area contributed by atoms with Crippen LogP contribution < -0.4 is 5.32 Å². The number of hydrogen-bond donors (Lipinski definition) is 1. The van der Waals surface area contributed by atoms with Crippen molar-refractivity contribution in [3.8, 4) is 0 Å². The van der Waals surface area contributed by atoms with Crippen LogP contribution in [0.3, 0.4) is 0 Å². The Balaban J connectivity index is 1.55. The number of anilines is 2. The number of hydrogen-bond acceptors (Lipinski definition) is 4. The zero-order valence-electron chi connectivity index (χ0n) is 16.3. The summed E-state index contributed by atoms with van der Waals surface area (Å²) in [5, 5.41) is 3.31. The number of benzene rings is 2. The number of carbonyl (C=O) groups is 1. The molecule has 0 spiro atoms. The van der Waals surface area contributed by atoms with Crippen molar-refractivity contribution in [1.29, 1.82) is 0 Å². The van der Waals surface area contributed by atoms with Crippen molar-refractivity contribution in [1.82, 2.24) is 14.9 Å². The fourth-order valence-electron chi connectivity index (χ4n) is 3.68. The van der Waals surface area contributed by atoms with E-state index in [4.69, 9.17) is 0 Å². The van der Waals surface area contributed by atoms with E-state index in [2.05, 4.69) is 59.5 Å². The highest BCUT2D eigenvalue weighted by Gasteiger charge is 2.22. The lowest BCUT2D eigenvalue weighted by atomic mass is 10.00. The van der Waals surface area contributed by atoms with Crippen LogP contribution in [0, 0.1) is 6.92 Å². The Kier molecular flexibility index (Phi) is 5.06. The number of aryl methyl sites for hydroxylation is 2. The molecule has 0 saturated carbocycles. The van der Waals surface area contributed by atoms with Crippen molar-refractivity contribution in [2.24, 2.45) is 0 Å². The molecule has 0 fully saturated rings. The Morgan fingerprint density at radius 1 is 1.11 bits per heavy atom. The third kappa shape index (κ3) is 3.60. The molecule has 0 atom stereocenters. The summed E-state index contributed by atoms with van der Waals surface area (Å²) in [6, 6.07) is 16.2. The first-order valence-electron chi connectivity index (χ1n) is 9.70. The van der Waals surface area contributed by atoms with E-state index in [1.807, 2.05) is 17.0 Å². The summed E-state index contributed by atoms with van der Waals surface area (Å²) in [5.74, 6) is 0.396. The van der Waals surface area contributed by atoms with E-state index in [-0.39, 0.29) is 5.91 Å². The maximum atomic E-state index is 13.0. The SMILES string of the molecule is CCc1cccc(C)c1Nc1nccc(C(=O)N2CCc3ccccc3C2)n1. The van der Waals surface area contributed by atoms with Crippen molar-refractivity contribution < 1.29 is 4.79 Å². The molecule has 1 aliphatic rings. The summed E-state index contributed by atoms with van der Waals surface area (Å²) in [4.78, 5) is 23.7. The van der Waals surface area contributed by atoms with Crippen LogP contribution in [-0.4, -0.2) is 27.3 Å². The minimum Gasteiger partial charge on any atom is -0.333 e. The zero-order chi connectivity index (χ0) is 19.5. The lowest BCUT2D eigenvalue weighted by Gasteiger charge is -2.28. The fourth-order valence-corrected chi connectivity index (χ4v) is 3.68. The summed E-state index contributed by atoms with van der Waals surface area (Å²) >= 11 is 0. The minimum atomic E-state index is -0.0551. The van der Waals surface area contributed by atoms with Gasteiger partial charge in [0.05, 0.1) is 0 Å². The van der Waals surface area contributed by atoms with Crippen LogP contribution in [0.2, 0.25) is 0 Å². The molecule has 5 heteroatoms. The van der Waals surface area contributed by atoms with Crippen LogP contribution in [0.4, 0.5) is 11.6 Å². The molecular weight excluding hydrogens is 348 g/mol. The molecule has 28 heavy (non-hydrogen) atoms. The minimum absolute atomic E-state index is 0.0551. The molecule has 1 amide bonds. The standard InChI is InChI=1S/C23H24N4O/c1-3-17-10-6-7-16(2)21(17)26-23-24-13-11-20(25-23)22(28)27-14-12-18-8-4-5-9-19(18)15-27/h4-11,13H,3,12,14-15H2,1-2H3,(H,24,25,26). The van der Waals surface area contributed by atoms with Crippen molar-refractivity contribution in [3.63, 3.8) is 0 Å². The normalized spacial score (nSPS) is 13.1. The lowest BCUT2D eigenvalue weighted by Crippen LogP contribution is -2.36. The number of nitrogens with zero attached hydrogens (tertiary/aromatic N) is 3. The number of fused-ring (bicyclic) bond motifs is 1. The number of carbonyl (C=O) groups excluding carboxylic acids is 1. The Bertz CT molecular complexity index is 1010. The van der Waals surface area contributed by atoms with Gasteiger partial charge in [-0.25, -0.2) is 9.97 Å². The Morgan fingerprint density at radius 2 is 1.93 bits per heavy atom. The summed E-state index contributed by atoms with van der Waals surface area (Å²) in [5.41, 5.74) is 6.30. The molecule has 0 aliphatic carbocycles. The Labute approximate surface area is 165 Å². The van der Waals surface area contributed by atoms with Gasteiger partial charge in [-0.3, -0.25) is 4.79 Å². The number of amides is 1. The van der Waals surface area contributed by atoms with Gasteiger partial charge in [-0.2, -0.15) is 0 Å². The first kappa shape index (κ1) is 18.2. The maximum absolute atomic E-state index is 13.0. The molecule has 1 N–H and O–H groups in total. The van der Waals surface area contributed by atoms with Crippen molar-refractivity contribution in [3.05, 3.63) is 82.7 Å². The molecule has 1 aromatic heterocycles. The van der Waals surface area contributed by atoms with E-state index in [9.17, 15) is 4.79 Å². The molecular formula is C23H24N4O. The highest BCUT2D eigenvalue weighted by atomic mass is 16.2. The van der Waals surface area contributed by atoms with Crippen LogP contribution in [0.5, 0.6) is 0 Å². The molecule has 0 bridgehead atoms. The fraction of sp³-hybridized carbons (Fsp3) is 0.261. The van der Waals surface area contributed by atoms with Crippen molar-refractivity contribution >= 4 is 17.5 Å². The summed E-state index contributed by atoms with van der Waals surface area (Å²) in [7, 11) is 0. The van der Waals surface area contributed by atoms with Crippen molar-refractivity contribution in [2.45, 2.75) is 33.2 Å². The number of nitrogens with one attached hydrogen (secondary N) is 1.